The van der Waals surface area contributed by atoms with Crippen molar-refractivity contribution in [3.8, 4) is 0 Å². The molecule has 0 aliphatic carbocycles. The van der Waals surface area contributed by atoms with Crippen LogP contribution in [0, 0.1) is 5.92 Å². The van der Waals surface area contributed by atoms with Crippen molar-refractivity contribution in [2.45, 2.75) is 57.3 Å². The van der Waals surface area contributed by atoms with Crippen molar-refractivity contribution in [2.75, 3.05) is 27.3 Å². The molecule has 0 amide bonds. The van der Waals surface area contributed by atoms with Gasteiger partial charge in [-0.15, -0.1) is 0 Å². The van der Waals surface area contributed by atoms with Gasteiger partial charge in [0.25, 0.3) is 0 Å². The van der Waals surface area contributed by atoms with Gasteiger partial charge >= 0.3 is 0 Å². The summed E-state index contributed by atoms with van der Waals surface area (Å²) < 4.78 is 38.2. The second kappa shape index (κ2) is 7.52. The topological polar surface area (TPSA) is 40.2 Å². The maximum atomic E-state index is 14.5. The minimum atomic E-state index is -1.10. The second-order valence-electron chi connectivity index (χ2n) is 7.56. The van der Waals surface area contributed by atoms with Crippen LogP contribution in [-0.2, 0) is 25.5 Å². The summed E-state index contributed by atoms with van der Waals surface area (Å²) in [5.74, 6) is -2.46. The highest BCUT2D eigenvalue weighted by atomic mass is 19.1. The summed E-state index contributed by atoms with van der Waals surface area (Å²) in [5, 5.41) is 0. The maximum Gasteiger partial charge on any atom is 0.220 e. The number of likely N-dealkylation sites (tertiary alicyclic amines) is 1. The molecule has 2 heterocycles. The molecule has 2 saturated heterocycles. The summed E-state index contributed by atoms with van der Waals surface area (Å²) in [6.07, 6.45) is -1.68. The number of alkyl halides is 1. The van der Waals surface area contributed by atoms with Crippen molar-refractivity contribution in [3.63, 3.8) is 0 Å². The molecule has 0 aromatic heterocycles. The predicted molar refractivity (Wildman–Crippen MR) is 96.4 cm³/mol. The van der Waals surface area contributed by atoms with E-state index in [1.807, 2.05) is 18.2 Å². The van der Waals surface area contributed by atoms with Crippen molar-refractivity contribution in [1.82, 2.24) is 4.90 Å². The van der Waals surface area contributed by atoms with Gasteiger partial charge in [0.1, 0.15) is 12.3 Å². The Morgan fingerprint density at radius 3 is 2.31 bits per heavy atom. The van der Waals surface area contributed by atoms with Crippen LogP contribution < -0.4 is 0 Å². The van der Waals surface area contributed by atoms with Crippen molar-refractivity contribution in [1.29, 1.82) is 0 Å². The van der Waals surface area contributed by atoms with E-state index in [1.54, 1.807) is 35.0 Å². The monoisotopic (exact) mass is 367 g/mol. The van der Waals surface area contributed by atoms with Crippen LogP contribution in [0.25, 0.3) is 0 Å². The predicted octanol–water partition coefficient (Wildman–Crippen LogP) is 2.99. The van der Waals surface area contributed by atoms with Crippen LogP contribution in [-0.4, -0.2) is 62.2 Å². The fraction of sp³-hybridized carbons (Fsp3) is 0.700. The van der Waals surface area contributed by atoms with Crippen LogP contribution >= 0.6 is 0 Å². The number of ether oxygens (including phenoxy) is 4. The third kappa shape index (κ3) is 3.53. The van der Waals surface area contributed by atoms with Gasteiger partial charge in [-0.25, -0.2) is 4.39 Å². The van der Waals surface area contributed by atoms with E-state index in [2.05, 4.69) is 17.0 Å². The largest absolute Gasteiger partial charge is 0.349 e. The van der Waals surface area contributed by atoms with Crippen LogP contribution in [0.15, 0.2) is 30.3 Å². The van der Waals surface area contributed by atoms with Crippen molar-refractivity contribution >= 4 is 0 Å². The summed E-state index contributed by atoms with van der Waals surface area (Å²) in [7, 11) is 3.13. The molecule has 1 aromatic carbocycles. The Labute approximate surface area is 155 Å². The molecule has 2 fully saturated rings. The van der Waals surface area contributed by atoms with Crippen molar-refractivity contribution in [3.05, 3.63) is 35.9 Å². The van der Waals surface area contributed by atoms with Gasteiger partial charge in [0.05, 0.1) is 6.10 Å². The average Bonchev–Trinajstić information content (AvgIpc) is 2.63. The average molecular weight is 367 g/mol. The lowest BCUT2D eigenvalue weighted by atomic mass is 9.86. The molecule has 0 saturated carbocycles. The Morgan fingerprint density at radius 1 is 1.12 bits per heavy atom. The number of hydrogen-bond donors (Lipinski definition) is 0. The van der Waals surface area contributed by atoms with E-state index >= 15 is 0 Å². The smallest absolute Gasteiger partial charge is 0.220 e. The zero-order valence-corrected chi connectivity index (χ0v) is 16.3. The number of rotatable bonds is 5. The quantitative estimate of drug-likeness (QED) is 0.800. The van der Waals surface area contributed by atoms with E-state index in [9.17, 15) is 4.39 Å². The Hall–Kier alpha value is -1.05. The van der Waals surface area contributed by atoms with Gasteiger partial charge in [-0.3, -0.25) is 4.90 Å². The van der Waals surface area contributed by atoms with E-state index in [1.165, 1.54) is 5.56 Å². The standard InChI is InChI=1S/C20H30FNO4/c1-14(21)16-12-22(11-15-9-7-6-8-10-15)13-17-18(16)26-20(3,24-5)19(2,23-4)25-17/h6-10,14,16-18H,11-13H2,1-5H3/t14-,16+,17+,18+,19-,20-/m0/s1. The zero-order valence-electron chi connectivity index (χ0n) is 16.3. The van der Waals surface area contributed by atoms with Gasteiger partial charge in [-0.2, -0.15) is 0 Å². The normalized spacial score (nSPS) is 39.4. The highest BCUT2D eigenvalue weighted by Gasteiger charge is 2.59. The third-order valence-electron chi connectivity index (χ3n) is 5.88. The fourth-order valence-electron chi connectivity index (χ4n) is 3.99. The van der Waals surface area contributed by atoms with Crippen LogP contribution in [0.3, 0.4) is 0 Å². The van der Waals surface area contributed by atoms with E-state index in [-0.39, 0.29) is 18.1 Å². The lowest BCUT2D eigenvalue weighted by Gasteiger charge is -2.56. The molecule has 0 N–H and O–H groups in total. The lowest BCUT2D eigenvalue weighted by molar-refractivity contribution is -0.458. The van der Waals surface area contributed by atoms with Gasteiger partial charge in [0, 0.05) is 39.8 Å². The lowest BCUT2D eigenvalue weighted by Crippen LogP contribution is -2.70. The summed E-state index contributed by atoms with van der Waals surface area (Å²) in [6, 6.07) is 10.2. The van der Waals surface area contributed by atoms with Gasteiger partial charge in [-0.05, 0) is 26.3 Å². The number of hydrogen-bond acceptors (Lipinski definition) is 5. The van der Waals surface area contributed by atoms with E-state index in [0.717, 1.165) is 6.54 Å². The molecule has 0 bridgehead atoms. The van der Waals surface area contributed by atoms with Gasteiger partial charge in [0.2, 0.25) is 11.6 Å². The van der Waals surface area contributed by atoms with Gasteiger partial charge in [-0.1, -0.05) is 30.3 Å². The van der Waals surface area contributed by atoms with E-state index < -0.39 is 17.7 Å². The van der Waals surface area contributed by atoms with Gasteiger partial charge in [0.15, 0.2) is 0 Å². The fourth-order valence-corrected chi connectivity index (χ4v) is 3.99. The Bertz CT molecular complexity index is 601. The second-order valence-corrected chi connectivity index (χ2v) is 7.56. The molecule has 6 heteroatoms. The van der Waals surface area contributed by atoms with Gasteiger partial charge < -0.3 is 18.9 Å². The first-order valence-corrected chi connectivity index (χ1v) is 9.18. The molecule has 2 aliphatic rings. The summed E-state index contributed by atoms with van der Waals surface area (Å²) in [4.78, 5) is 2.23. The third-order valence-corrected chi connectivity index (χ3v) is 5.88. The molecule has 5 nitrogen and oxygen atoms in total. The molecular weight excluding hydrogens is 337 g/mol. The maximum absolute atomic E-state index is 14.5. The molecule has 26 heavy (non-hydrogen) atoms. The van der Waals surface area contributed by atoms with Crippen LogP contribution in [0.1, 0.15) is 26.3 Å². The molecule has 0 unspecified atom stereocenters. The molecule has 3 rings (SSSR count). The highest BCUT2D eigenvalue weighted by Crippen LogP contribution is 2.43. The number of nitrogens with zero attached hydrogens (tertiary/aromatic N) is 1. The van der Waals surface area contributed by atoms with Crippen molar-refractivity contribution in [2.24, 2.45) is 5.92 Å². The number of methoxy groups -OCH3 is 2. The minimum absolute atomic E-state index is 0.288. The number of benzene rings is 1. The van der Waals surface area contributed by atoms with E-state index in [0.29, 0.717) is 13.1 Å². The molecule has 1 aromatic rings. The molecule has 146 valence electrons. The Kier molecular flexibility index (Phi) is 5.70. The minimum Gasteiger partial charge on any atom is -0.349 e. The zero-order chi connectivity index (χ0) is 18.9. The molecule has 6 atom stereocenters. The van der Waals surface area contributed by atoms with E-state index in [4.69, 9.17) is 18.9 Å². The van der Waals surface area contributed by atoms with Crippen molar-refractivity contribution < 1.29 is 23.3 Å². The highest BCUT2D eigenvalue weighted by molar-refractivity contribution is 5.15. The first-order chi connectivity index (χ1) is 12.3. The first kappa shape index (κ1) is 19.7. The SMILES string of the molecule is CO[C@@]1(C)O[C@@H]2[C@@H]([C@H](C)F)CN(Cc3ccccc3)C[C@H]2O[C@]1(C)OC. The van der Waals surface area contributed by atoms with Crippen LogP contribution in [0.2, 0.25) is 0 Å². The molecule has 0 spiro atoms. The summed E-state index contributed by atoms with van der Waals surface area (Å²) >= 11 is 0. The summed E-state index contributed by atoms with van der Waals surface area (Å²) in [6.45, 7) is 7.19. The number of piperidine rings is 1. The first-order valence-electron chi connectivity index (χ1n) is 9.18. The van der Waals surface area contributed by atoms with Crippen LogP contribution in [0.5, 0.6) is 0 Å². The Balaban J connectivity index is 1.83. The molecular formula is C20H30FNO4. The number of halogens is 1. The molecule has 2 aliphatic heterocycles. The van der Waals surface area contributed by atoms with Crippen LogP contribution in [0.4, 0.5) is 4.39 Å². The summed E-state index contributed by atoms with van der Waals surface area (Å²) in [5.41, 5.74) is 1.20. The Morgan fingerprint density at radius 2 is 1.73 bits per heavy atom. The number of fused-ring (bicyclic) bond motifs is 1. The molecule has 0 radical (unpaired) electrons.